The monoisotopic (exact) mass is 379 g/mol. The van der Waals surface area contributed by atoms with Gasteiger partial charge in [-0.15, -0.1) is 0 Å². The zero-order valence-corrected chi connectivity index (χ0v) is 16.5. The van der Waals surface area contributed by atoms with Crippen molar-refractivity contribution in [2.45, 2.75) is 38.5 Å². The third-order valence-corrected chi connectivity index (χ3v) is 6.01. The van der Waals surface area contributed by atoms with E-state index in [4.69, 9.17) is 0 Å². The topological polar surface area (TPSA) is 70.6 Å². The fourth-order valence-corrected chi connectivity index (χ4v) is 3.77. The van der Waals surface area contributed by atoms with Crippen molar-refractivity contribution in [2.75, 3.05) is 32.9 Å². The van der Waals surface area contributed by atoms with Crippen LogP contribution in [0.2, 0.25) is 0 Å². The van der Waals surface area contributed by atoms with Crippen LogP contribution in [-0.2, 0) is 21.2 Å². The molecule has 0 radical (unpaired) electrons. The van der Waals surface area contributed by atoms with E-state index >= 15 is 0 Å². The summed E-state index contributed by atoms with van der Waals surface area (Å²) < 4.78 is 25.4. The lowest BCUT2D eigenvalue weighted by Gasteiger charge is -2.24. The summed E-state index contributed by atoms with van der Waals surface area (Å²) in [5.41, 5.74) is 2.41. The number of rotatable bonds is 9. The normalized spacial score (nSPS) is 15.0. The second-order valence-corrected chi connectivity index (χ2v) is 8.86. The number of pyridine rings is 1. The van der Waals surface area contributed by atoms with E-state index in [0.717, 1.165) is 24.8 Å². The molecule has 0 spiro atoms. The summed E-state index contributed by atoms with van der Waals surface area (Å²) in [6, 6.07) is 3.83. The summed E-state index contributed by atoms with van der Waals surface area (Å²) in [4.78, 5) is 18.0. The van der Waals surface area contributed by atoms with E-state index < -0.39 is 10.0 Å². The van der Waals surface area contributed by atoms with Crippen LogP contribution < -0.4 is 0 Å². The predicted molar refractivity (Wildman–Crippen MR) is 103 cm³/mol. The van der Waals surface area contributed by atoms with Gasteiger partial charge in [0.25, 0.3) is 0 Å². The van der Waals surface area contributed by atoms with Crippen molar-refractivity contribution in [3.8, 4) is 0 Å². The minimum Gasteiger partial charge on any atom is -0.344 e. The Morgan fingerprint density at radius 3 is 2.50 bits per heavy atom. The van der Waals surface area contributed by atoms with Gasteiger partial charge in [-0.25, -0.2) is 8.42 Å². The third-order valence-electron chi connectivity index (χ3n) is 4.76. The Hall–Kier alpha value is -1.73. The standard InChI is InChI=1S/C19H29N3O3S/c1-21(14-10-18-8-12-20-13-9-18)19(23)16-22(26(2,24)25)15-11-17-6-4-3-5-7-17/h6,8-9,12-13H,3-5,7,10-11,14-16H2,1-2H3. The van der Waals surface area contributed by atoms with Gasteiger partial charge in [0.2, 0.25) is 15.9 Å². The Balaban J connectivity index is 1.87. The average Bonchev–Trinajstić information content (AvgIpc) is 2.63. The maximum atomic E-state index is 12.5. The zero-order valence-electron chi connectivity index (χ0n) is 15.7. The molecule has 1 aliphatic carbocycles. The summed E-state index contributed by atoms with van der Waals surface area (Å²) >= 11 is 0. The highest BCUT2D eigenvalue weighted by Gasteiger charge is 2.22. The van der Waals surface area contributed by atoms with Crippen LogP contribution in [0.5, 0.6) is 0 Å². The number of amides is 1. The molecule has 26 heavy (non-hydrogen) atoms. The Morgan fingerprint density at radius 2 is 1.88 bits per heavy atom. The first-order chi connectivity index (χ1) is 12.4. The number of hydrogen-bond acceptors (Lipinski definition) is 4. The number of carbonyl (C=O) groups is 1. The number of carbonyl (C=O) groups excluding carboxylic acids is 1. The van der Waals surface area contributed by atoms with Crippen LogP contribution in [0.1, 0.15) is 37.7 Å². The Bertz CT molecular complexity index is 717. The fraction of sp³-hybridized carbons (Fsp3) is 0.579. The minimum absolute atomic E-state index is 0.0983. The number of aromatic nitrogens is 1. The molecule has 0 saturated heterocycles. The molecular weight excluding hydrogens is 350 g/mol. The highest BCUT2D eigenvalue weighted by atomic mass is 32.2. The van der Waals surface area contributed by atoms with E-state index in [9.17, 15) is 13.2 Å². The van der Waals surface area contributed by atoms with E-state index in [1.54, 1.807) is 24.3 Å². The molecule has 2 rings (SSSR count). The third kappa shape index (κ3) is 6.88. The molecule has 0 saturated carbocycles. The van der Waals surface area contributed by atoms with Gasteiger partial charge in [-0.05, 0) is 56.2 Å². The van der Waals surface area contributed by atoms with Crippen LogP contribution in [0.4, 0.5) is 0 Å². The van der Waals surface area contributed by atoms with Crippen LogP contribution in [-0.4, -0.2) is 61.5 Å². The van der Waals surface area contributed by atoms with Crippen molar-refractivity contribution in [2.24, 2.45) is 0 Å². The molecule has 0 fully saturated rings. The van der Waals surface area contributed by atoms with Crippen LogP contribution in [0, 0.1) is 0 Å². The molecule has 1 aromatic rings. The van der Waals surface area contributed by atoms with Gasteiger partial charge in [0.1, 0.15) is 0 Å². The summed E-state index contributed by atoms with van der Waals surface area (Å²) in [5.74, 6) is -0.179. The van der Waals surface area contributed by atoms with Crippen LogP contribution >= 0.6 is 0 Å². The fourth-order valence-electron chi connectivity index (χ4n) is 3.00. The van der Waals surface area contributed by atoms with Crippen molar-refractivity contribution in [1.29, 1.82) is 0 Å². The second kappa shape index (κ2) is 9.83. The van der Waals surface area contributed by atoms with E-state index in [1.165, 1.54) is 29.0 Å². The molecule has 1 aromatic heterocycles. The first kappa shape index (κ1) is 20.6. The van der Waals surface area contributed by atoms with Crippen molar-refractivity contribution >= 4 is 15.9 Å². The maximum absolute atomic E-state index is 12.5. The quantitative estimate of drug-likeness (QED) is 0.617. The first-order valence-electron chi connectivity index (χ1n) is 9.12. The molecular formula is C19H29N3O3S. The Kier molecular flexibility index (Phi) is 7.78. The number of allylic oxidation sites excluding steroid dienone is 1. The van der Waals surface area contributed by atoms with Crippen molar-refractivity contribution in [3.63, 3.8) is 0 Å². The van der Waals surface area contributed by atoms with Gasteiger partial charge in [-0.2, -0.15) is 4.31 Å². The smallest absolute Gasteiger partial charge is 0.237 e. The highest BCUT2D eigenvalue weighted by Crippen LogP contribution is 2.20. The molecule has 1 amide bonds. The Labute approximate surface area is 157 Å². The maximum Gasteiger partial charge on any atom is 0.237 e. The molecule has 7 heteroatoms. The molecule has 0 unspecified atom stereocenters. The van der Waals surface area contributed by atoms with Gasteiger partial charge in [0.15, 0.2) is 0 Å². The molecule has 1 aliphatic rings. The number of nitrogens with zero attached hydrogens (tertiary/aromatic N) is 3. The van der Waals surface area contributed by atoms with Gasteiger partial charge >= 0.3 is 0 Å². The molecule has 0 atom stereocenters. The van der Waals surface area contributed by atoms with E-state index in [1.807, 2.05) is 12.1 Å². The molecule has 6 nitrogen and oxygen atoms in total. The van der Waals surface area contributed by atoms with E-state index in [0.29, 0.717) is 19.5 Å². The number of sulfonamides is 1. The highest BCUT2D eigenvalue weighted by molar-refractivity contribution is 7.88. The molecule has 0 aliphatic heterocycles. The first-order valence-corrected chi connectivity index (χ1v) is 11.0. The van der Waals surface area contributed by atoms with Crippen LogP contribution in [0.3, 0.4) is 0 Å². The lowest BCUT2D eigenvalue weighted by molar-refractivity contribution is -0.130. The van der Waals surface area contributed by atoms with Crippen LogP contribution in [0.15, 0.2) is 36.2 Å². The van der Waals surface area contributed by atoms with Crippen LogP contribution in [0.25, 0.3) is 0 Å². The van der Waals surface area contributed by atoms with E-state index in [2.05, 4.69) is 11.1 Å². The van der Waals surface area contributed by atoms with Gasteiger partial charge in [-0.3, -0.25) is 9.78 Å². The second-order valence-electron chi connectivity index (χ2n) is 6.88. The molecule has 1 heterocycles. The van der Waals surface area contributed by atoms with Gasteiger partial charge in [0, 0.05) is 32.5 Å². The predicted octanol–water partition coefficient (Wildman–Crippen LogP) is 2.23. The van der Waals surface area contributed by atoms with Crippen molar-refractivity contribution in [3.05, 3.63) is 41.7 Å². The minimum atomic E-state index is -3.41. The zero-order chi connectivity index (χ0) is 19.0. The molecule has 0 aromatic carbocycles. The van der Waals surface area contributed by atoms with Gasteiger partial charge in [0.05, 0.1) is 12.8 Å². The summed E-state index contributed by atoms with van der Waals surface area (Å²) in [6.07, 6.45) is 12.8. The number of likely N-dealkylation sites (N-methyl/N-ethyl adjacent to an activating group) is 1. The average molecular weight is 380 g/mol. The SMILES string of the molecule is CN(CCc1ccncc1)C(=O)CN(CCC1=CCCCC1)S(C)(=O)=O. The van der Waals surface area contributed by atoms with Crippen molar-refractivity contribution < 1.29 is 13.2 Å². The lowest BCUT2D eigenvalue weighted by Crippen LogP contribution is -2.42. The lowest BCUT2D eigenvalue weighted by atomic mass is 9.97. The van der Waals surface area contributed by atoms with E-state index in [-0.39, 0.29) is 12.5 Å². The summed E-state index contributed by atoms with van der Waals surface area (Å²) in [6.45, 7) is 0.819. The van der Waals surface area contributed by atoms with Gasteiger partial charge in [-0.1, -0.05) is 11.6 Å². The Morgan fingerprint density at radius 1 is 1.15 bits per heavy atom. The summed E-state index contributed by atoms with van der Waals surface area (Å²) in [7, 11) is -1.70. The van der Waals surface area contributed by atoms with Crippen molar-refractivity contribution in [1.82, 2.24) is 14.2 Å². The van der Waals surface area contributed by atoms with Gasteiger partial charge < -0.3 is 4.90 Å². The number of hydrogen-bond donors (Lipinski definition) is 0. The molecule has 144 valence electrons. The largest absolute Gasteiger partial charge is 0.344 e. The summed E-state index contributed by atoms with van der Waals surface area (Å²) in [5, 5.41) is 0. The molecule has 0 bridgehead atoms. The molecule has 0 N–H and O–H groups in total.